The molecule has 1 saturated carbocycles. The number of hydrogen-bond acceptors (Lipinski definition) is 17. The molecule has 40 heavy (non-hydrogen) atoms. The summed E-state index contributed by atoms with van der Waals surface area (Å²) in [7, 11) is 0. The van der Waals surface area contributed by atoms with Gasteiger partial charge in [0.1, 0.15) is 67.1 Å². The number of ether oxygens (including phenoxy) is 4. The summed E-state index contributed by atoms with van der Waals surface area (Å²) in [5.41, 5.74) is 23.4. The van der Waals surface area contributed by atoms with Gasteiger partial charge in [0.25, 0.3) is 0 Å². The van der Waals surface area contributed by atoms with Gasteiger partial charge in [0.2, 0.25) is 5.91 Å². The molecule has 17 N–H and O–H groups in total. The third-order valence-corrected chi connectivity index (χ3v) is 7.47. The van der Waals surface area contributed by atoms with Crippen molar-refractivity contribution in [1.82, 2.24) is 5.32 Å². The van der Waals surface area contributed by atoms with Gasteiger partial charge in [-0.1, -0.05) is 0 Å². The molecule has 1 amide bonds. The minimum Gasteiger partial charge on any atom is -0.394 e. The van der Waals surface area contributed by atoms with Gasteiger partial charge in [-0.3, -0.25) is 4.79 Å². The Labute approximate surface area is 229 Å². The Morgan fingerprint density at radius 3 is 1.93 bits per heavy atom. The summed E-state index contributed by atoms with van der Waals surface area (Å²) in [5.74, 6) is -0.791. The summed E-state index contributed by atoms with van der Waals surface area (Å²) >= 11 is 0. The van der Waals surface area contributed by atoms with Crippen molar-refractivity contribution in [2.24, 2.45) is 22.9 Å². The van der Waals surface area contributed by atoms with E-state index >= 15 is 0 Å². The smallest absolute Gasteiger partial charge is 0.248 e. The Bertz CT molecular complexity index is 817. The fraction of sp³-hybridized carbons (Fsp3) is 0.955. The molecule has 0 aromatic rings. The van der Waals surface area contributed by atoms with Crippen LogP contribution in [-0.4, -0.2) is 164 Å². The van der Waals surface area contributed by atoms with Gasteiger partial charge in [0.15, 0.2) is 12.6 Å². The molecule has 0 bridgehead atoms. The molecular formula is C22H43N5O13. The van der Waals surface area contributed by atoms with Gasteiger partial charge in [-0.15, -0.1) is 0 Å². The summed E-state index contributed by atoms with van der Waals surface area (Å²) < 4.78 is 22.4. The van der Waals surface area contributed by atoms with Crippen LogP contribution in [0.3, 0.4) is 0 Å². The summed E-state index contributed by atoms with van der Waals surface area (Å²) in [4.78, 5) is 12.0. The maximum Gasteiger partial charge on any atom is 0.248 e. The van der Waals surface area contributed by atoms with E-state index in [0.29, 0.717) is 0 Å². The summed E-state index contributed by atoms with van der Waals surface area (Å²) in [5, 5.41) is 84.3. The number of carbonyl (C=O) groups is 1. The van der Waals surface area contributed by atoms with Crippen molar-refractivity contribution >= 4 is 5.91 Å². The van der Waals surface area contributed by atoms with Crippen LogP contribution in [0.15, 0.2) is 0 Å². The monoisotopic (exact) mass is 585 g/mol. The van der Waals surface area contributed by atoms with Crippen LogP contribution in [0.4, 0.5) is 0 Å². The molecule has 1 aliphatic carbocycles. The van der Waals surface area contributed by atoms with Crippen LogP contribution in [0.2, 0.25) is 0 Å². The van der Waals surface area contributed by atoms with Crippen molar-refractivity contribution in [2.75, 3.05) is 19.7 Å². The van der Waals surface area contributed by atoms with Crippen LogP contribution in [0.25, 0.3) is 0 Å². The van der Waals surface area contributed by atoms with Gasteiger partial charge in [-0.2, -0.15) is 0 Å². The van der Waals surface area contributed by atoms with Gasteiger partial charge < -0.3 is 88.1 Å². The normalized spacial score (nSPS) is 47.0. The number of hydrogen-bond donors (Lipinski definition) is 13. The van der Waals surface area contributed by atoms with Crippen molar-refractivity contribution < 1.29 is 64.6 Å². The standard InChI is InChI=1S/C22H43N5O13/c23-2-1-8(29)20(36)27-4-9-13(31)15(33)16(34)22(37-9)40-19-7(25)3-6(24)18(17(19)35)39-21-14(32)11(26)12(30)10(5-28)38-21/h6-19,21-22,28-35H,1-5,23-26H2,(H,27,36)/t6-,7+,8+,9-,10-,11+,12-,13-,14-,15+,16-,17-,18+,19-,21-,22-/m1/s1. The summed E-state index contributed by atoms with van der Waals surface area (Å²) in [6.07, 6.45) is -19.4. The van der Waals surface area contributed by atoms with Gasteiger partial charge >= 0.3 is 0 Å². The van der Waals surface area contributed by atoms with Crippen LogP contribution in [0.5, 0.6) is 0 Å². The molecule has 0 aromatic heterocycles. The lowest BCUT2D eigenvalue weighted by Crippen LogP contribution is -2.68. The maximum absolute atomic E-state index is 12.0. The second kappa shape index (κ2) is 14.3. The van der Waals surface area contributed by atoms with Crippen molar-refractivity contribution in [2.45, 2.75) is 111 Å². The van der Waals surface area contributed by atoms with E-state index in [0.717, 1.165) is 0 Å². The van der Waals surface area contributed by atoms with E-state index in [2.05, 4.69) is 5.32 Å². The molecule has 0 aromatic carbocycles. The summed E-state index contributed by atoms with van der Waals surface area (Å²) in [6, 6.07) is -3.07. The SMILES string of the molecule is NCC[C@H](O)C(=O)NC[C@H]1O[C@H](O[C@H]2[C@H](O)[C@@H](O[C@H]3O[C@H](CO)[C@@H](O)[C@H](N)[C@H]3O)[C@H](N)C[C@@H]2N)[C@H](O)[C@@H](O)[C@@H]1O. The van der Waals surface area contributed by atoms with Crippen molar-refractivity contribution in [3.8, 4) is 0 Å². The Morgan fingerprint density at radius 2 is 1.38 bits per heavy atom. The zero-order valence-electron chi connectivity index (χ0n) is 21.7. The van der Waals surface area contributed by atoms with Crippen molar-refractivity contribution in [3.63, 3.8) is 0 Å². The Morgan fingerprint density at radius 1 is 0.825 bits per heavy atom. The minimum absolute atomic E-state index is 0.00802. The minimum atomic E-state index is -1.80. The van der Waals surface area contributed by atoms with E-state index in [9.17, 15) is 45.6 Å². The first kappa shape index (κ1) is 33.3. The van der Waals surface area contributed by atoms with Crippen LogP contribution in [0.1, 0.15) is 12.8 Å². The van der Waals surface area contributed by atoms with E-state index in [1.807, 2.05) is 0 Å². The molecule has 3 aliphatic rings. The predicted octanol–water partition coefficient (Wildman–Crippen LogP) is -8.42. The van der Waals surface area contributed by atoms with E-state index in [1.165, 1.54) is 0 Å². The fourth-order valence-corrected chi connectivity index (χ4v) is 4.98. The number of carbonyl (C=O) groups excluding carboxylic acids is 1. The quantitative estimate of drug-likeness (QED) is 0.113. The average molecular weight is 586 g/mol. The number of rotatable bonds is 10. The summed E-state index contributed by atoms with van der Waals surface area (Å²) in [6.45, 7) is -0.953. The molecule has 2 heterocycles. The largest absolute Gasteiger partial charge is 0.394 e. The van der Waals surface area contributed by atoms with E-state index in [4.69, 9.17) is 41.9 Å². The lowest BCUT2D eigenvalue weighted by atomic mass is 9.84. The molecule has 18 heteroatoms. The van der Waals surface area contributed by atoms with Gasteiger partial charge in [0.05, 0.1) is 12.6 Å². The highest BCUT2D eigenvalue weighted by atomic mass is 16.7. The highest BCUT2D eigenvalue weighted by Crippen LogP contribution is 2.31. The molecule has 3 fully saturated rings. The first-order chi connectivity index (χ1) is 18.8. The molecular weight excluding hydrogens is 542 g/mol. The van der Waals surface area contributed by atoms with Crippen LogP contribution < -0.4 is 28.3 Å². The van der Waals surface area contributed by atoms with E-state index < -0.39 is 110 Å². The zero-order chi connectivity index (χ0) is 29.9. The van der Waals surface area contributed by atoms with Gasteiger partial charge in [0, 0.05) is 18.6 Å². The van der Waals surface area contributed by atoms with Crippen LogP contribution >= 0.6 is 0 Å². The van der Waals surface area contributed by atoms with E-state index in [-0.39, 0.29) is 25.9 Å². The molecule has 234 valence electrons. The van der Waals surface area contributed by atoms with Gasteiger partial charge in [-0.05, 0) is 19.4 Å². The molecule has 2 aliphatic heterocycles. The molecule has 18 nitrogen and oxygen atoms in total. The number of nitrogens with one attached hydrogen (secondary N) is 1. The first-order valence-corrected chi connectivity index (χ1v) is 13.1. The molecule has 3 rings (SSSR count). The number of aliphatic hydroxyl groups excluding tert-OH is 8. The molecule has 16 atom stereocenters. The topological polar surface area (TPSA) is 332 Å². The maximum atomic E-state index is 12.0. The Hall–Kier alpha value is -1.17. The highest BCUT2D eigenvalue weighted by molar-refractivity contribution is 5.80. The average Bonchev–Trinajstić information content (AvgIpc) is 2.92. The number of amides is 1. The van der Waals surface area contributed by atoms with Crippen LogP contribution in [-0.2, 0) is 23.7 Å². The second-order valence-corrected chi connectivity index (χ2v) is 10.4. The third-order valence-electron chi connectivity index (χ3n) is 7.47. The van der Waals surface area contributed by atoms with Crippen molar-refractivity contribution in [1.29, 1.82) is 0 Å². The predicted molar refractivity (Wildman–Crippen MR) is 131 cm³/mol. The van der Waals surface area contributed by atoms with Crippen molar-refractivity contribution in [3.05, 3.63) is 0 Å². The lowest BCUT2D eigenvalue weighted by molar-refractivity contribution is -0.332. The van der Waals surface area contributed by atoms with Crippen LogP contribution in [0, 0.1) is 0 Å². The Kier molecular flexibility index (Phi) is 11.9. The molecule has 0 radical (unpaired) electrons. The molecule has 2 saturated heterocycles. The second-order valence-electron chi connectivity index (χ2n) is 10.4. The molecule has 0 spiro atoms. The zero-order valence-corrected chi connectivity index (χ0v) is 21.7. The van der Waals surface area contributed by atoms with E-state index in [1.54, 1.807) is 0 Å². The van der Waals surface area contributed by atoms with Gasteiger partial charge in [-0.25, -0.2) is 0 Å². The number of nitrogens with two attached hydrogens (primary N) is 4. The highest BCUT2D eigenvalue weighted by Gasteiger charge is 2.51. The Balaban J connectivity index is 1.69. The number of aliphatic hydroxyl groups is 8. The third kappa shape index (κ3) is 7.24. The first-order valence-electron chi connectivity index (χ1n) is 13.1. The molecule has 0 unspecified atom stereocenters. The lowest BCUT2D eigenvalue weighted by Gasteiger charge is -2.48. The fourth-order valence-electron chi connectivity index (χ4n) is 4.98.